The Morgan fingerprint density at radius 3 is 2.56 bits per heavy atom. The summed E-state index contributed by atoms with van der Waals surface area (Å²) in [5, 5.41) is 6.34. The number of fused-ring (bicyclic) bond motifs is 1. The number of aromatic nitrogens is 3. The second kappa shape index (κ2) is 9.36. The van der Waals surface area contributed by atoms with Crippen LogP contribution in [0.1, 0.15) is 49.7 Å². The van der Waals surface area contributed by atoms with Crippen LogP contribution in [0.5, 0.6) is 0 Å². The molecule has 1 amide bonds. The third-order valence-electron chi connectivity index (χ3n) is 6.73. The summed E-state index contributed by atoms with van der Waals surface area (Å²) in [7, 11) is -1.96. The van der Waals surface area contributed by atoms with Crippen LogP contribution in [0.15, 0.2) is 24.3 Å². The fourth-order valence-electron chi connectivity index (χ4n) is 4.51. The minimum Gasteiger partial charge on any atom is -0.358 e. The van der Waals surface area contributed by atoms with Crippen LogP contribution in [-0.2, 0) is 19.6 Å². The summed E-state index contributed by atoms with van der Waals surface area (Å²) in [5.41, 5.74) is 3.90. The van der Waals surface area contributed by atoms with E-state index in [1.807, 2.05) is 36.6 Å². The zero-order chi connectivity index (χ0) is 25.6. The van der Waals surface area contributed by atoms with E-state index in [1.165, 1.54) is 17.6 Å². The second-order valence-corrected chi connectivity index (χ2v) is 11.7. The van der Waals surface area contributed by atoms with Gasteiger partial charge in [-0.3, -0.25) is 13.7 Å². The van der Waals surface area contributed by atoms with E-state index >= 15 is 0 Å². The number of hydrogen-bond donors (Lipinski definition) is 2. The summed E-state index contributed by atoms with van der Waals surface area (Å²) in [4.78, 5) is 22.2. The number of aryl methyl sites for hydroxylation is 2. The average Bonchev–Trinajstić information content (AvgIpc) is 3.63. The van der Waals surface area contributed by atoms with Gasteiger partial charge in [-0.15, -0.1) is 0 Å². The van der Waals surface area contributed by atoms with Crippen molar-refractivity contribution in [1.82, 2.24) is 14.5 Å². The zero-order valence-corrected chi connectivity index (χ0v) is 21.9. The van der Waals surface area contributed by atoms with E-state index in [-0.39, 0.29) is 18.1 Å². The molecule has 11 heteroatoms. The van der Waals surface area contributed by atoms with Gasteiger partial charge in [0.25, 0.3) is 0 Å². The Labute approximate surface area is 211 Å². The molecule has 1 aromatic carbocycles. The first kappa shape index (κ1) is 24.5. The Bertz CT molecular complexity index is 1420. The topological polar surface area (TPSA) is 118 Å². The lowest BCUT2D eigenvalue weighted by atomic mass is 10.1. The molecule has 2 aromatic heterocycles. The van der Waals surface area contributed by atoms with E-state index in [1.54, 1.807) is 6.07 Å². The highest BCUT2D eigenvalue weighted by atomic mass is 32.2. The summed E-state index contributed by atoms with van der Waals surface area (Å²) in [5.74, 6) is 1.16. The molecule has 1 aliphatic heterocycles. The number of amides is 1. The minimum absolute atomic E-state index is 0.0272. The molecule has 0 radical (unpaired) electrons. The SMILES string of the molecule is Cc1ccc(Nc2cc(NC(=O)C3CC3)nc3c2nc(C)n3C2CCCCO2)c(N(C)S(C)(=O)=O)c1. The van der Waals surface area contributed by atoms with E-state index in [9.17, 15) is 13.2 Å². The van der Waals surface area contributed by atoms with Crippen molar-refractivity contribution in [2.45, 2.75) is 52.2 Å². The Morgan fingerprint density at radius 2 is 1.89 bits per heavy atom. The van der Waals surface area contributed by atoms with Crippen LogP contribution in [-0.4, -0.2) is 48.8 Å². The number of sulfonamides is 1. The van der Waals surface area contributed by atoms with Gasteiger partial charge in [0, 0.05) is 25.6 Å². The molecule has 5 rings (SSSR count). The third-order valence-corrected chi connectivity index (χ3v) is 7.92. The maximum Gasteiger partial charge on any atom is 0.232 e. The molecule has 192 valence electrons. The van der Waals surface area contributed by atoms with Gasteiger partial charge < -0.3 is 15.4 Å². The van der Waals surface area contributed by atoms with Crippen LogP contribution in [0.2, 0.25) is 0 Å². The van der Waals surface area contributed by atoms with Gasteiger partial charge in [0.1, 0.15) is 23.4 Å². The molecule has 1 saturated heterocycles. The highest BCUT2D eigenvalue weighted by Crippen LogP contribution is 2.37. The number of nitrogens with zero attached hydrogens (tertiary/aromatic N) is 4. The number of ether oxygens (including phenoxy) is 1. The van der Waals surface area contributed by atoms with E-state index in [2.05, 4.69) is 10.6 Å². The number of carbonyl (C=O) groups is 1. The van der Waals surface area contributed by atoms with Crippen molar-refractivity contribution in [3.8, 4) is 0 Å². The number of benzene rings is 1. The maximum atomic E-state index is 12.6. The molecule has 3 heterocycles. The number of anilines is 4. The van der Waals surface area contributed by atoms with Crippen molar-refractivity contribution in [3.63, 3.8) is 0 Å². The summed E-state index contributed by atoms with van der Waals surface area (Å²) in [6, 6.07) is 7.33. The molecular formula is C25H32N6O4S. The second-order valence-electron chi connectivity index (χ2n) is 9.72. The van der Waals surface area contributed by atoms with E-state index in [4.69, 9.17) is 14.7 Å². The Hall–Kier alpha value is -3.18. The number of hydrogen-bond acceptors (Lipinski definition) is 7. The number of imidazole rings is 1. The highest BCUT2D eigenvalue weighted by Gasteiger charge is 2.30. The third kappa shape index (κ3) is 4.90. The summed E-state index contributed by atoms with van der Waals surface area (Å²) in [6.07, 6.45) is 5.70. The van der Waals surface area contributed by atoms with Crippen LogP contribution in [0.4, 0.5) is 22.9 Å². The molecule has 10 nitrogen and oxygen atoms in total. The first-order valence-electron chi connectivity index (χ1n) is 12.3. The normalized spacial score (nSPS) is 18.3. The predicted octanol–water partition coefficient (Wildman–Crippen LogP) is 4.24. The van der Waals surface area contributed by atoms with Gasteiger partial charge in [0.05, 0.1) is 23.3 Å². The monoisotopic (exact) mass is 512 g/mol. The van der Waals surface area contributed by atoms with Gasteiger partial charge in [-0.25, -0.2) is 18.4 Å². The van der Waals surface area contributed by atoms with E-state index in [0.29, 0.717) is 40.7 Å². The van der Waals surface area contributed by atoms with Crippen molar-refractivity contribution in [2.24, 2.45) is 5.92 Å². The van der Waals surface area contributed by atoms with E-state index < -0.39 is 10.0 Å². The molecule has 2 aliphatic rings. The molecule has 2 N–H and O–H groups in total. The van der Waals surface area contributed by atoms with Gasteiger partial charge in [-0.1, -0.05) is 6.07 Å². The van der Waals surface area contributed by atoms with Crippen LogP contribution in [0.25, 0.3) is 11.2 Å². The first-order valence-corrected chi connectivity index (χ1v) is 14.1. The average molecular weight is 513 g/mol. The Morgan fingerprint density at radius 1 is 1.11 bits per heavy atom. The Balaban J connectivity index is 1.62. The molecule has 1 aliphatic carbocycles. The molecule has 36 heavy (non-hydrogen) atoms. The fraction of sp³-hybridized carbons (Fsp3) is 0.480. The van der Waals surface area contributed by atoms with Gasteiger partial charge in [0.2, 0.25) is 15.9 Å². The molecule has 2 fully saturated rings. The van der Waals surface area contributed by atoms with Crippen LogP contribution in [0.3, 0.4) is 0 Å². The Kier molecular flexibility index (Phi) is 6.37. The number of carbonyl (C=O) groups excluding carboxylic acids is 1. The van der Waals surface area contributed by atoms with Crippen molar-refractivity contribution >= 4 is 50.0 Å². The van der Waals surface area contributed by atoms with Crippen LogP contribution < -0.4 is 14.9 Å². The molecule has 0 bridgehead atoms. The number of nitrogens with one attached hydrogen (secondary N) is 2. The standard InChI is InChI=1S/C25H32N6O4S/c1-15-8-11-18(20(13-15)30(3)36(4,33)34)27-19-14-21(29-25(32)17-9-10-17)28-24-23(19)26-16(2)31(24)22-7-5-6-12-35-22/h8,11,13-14,17,22H,5-7,9-10,12H2,1-4H3,(H2,27,28,29,32). The first-order chi connectivity index (χ1) is 17.1. The molecular weight excluding hydrogens is 480 g/mol. The van der Waals surface area contributed by atoms with Crippen molar-refractivity contribution in [3.05, 3.63) is 35.7 Å². The lowest BCUT2D eigenvalue weighted by Crippen LogP contribution is -2.25. The fourth-order valence-corrected chi connectivity index (χ4v) is 5.02. The number of pyridine rings is 1. The largest absolute Gasteiger partial charge is 0.358 e. The summed E-state index contributed by atoms with van der Waals surface area (Å²) < 4.78 is 34.0. The minimum atomic E-state index is -3.49. The van der Waals surface area contributed by atoms with E-state index in [0.717, 1.165) is 43.5 Å². The predicted molar refractivity (Wildman–Crippen MR) is 140 cm³/mol. The van der Waals surface area contributed by atoms with Gasteiger partial charge in [-0.05, 0) is 63.6 Å². The van der Waals surface area contributed by atoms with Gasteiger partial charge in [0.15, 0.2) is 5.65 Å². The van der Waals surface area contributed by atoms with Crippen molar-refractivity contribution < 1.29 is 17.9 Å². The molecule has 0 spiro atoms. The maximum absolute atomic E-state index is 12.6. The van der Waals surface area contributed by atoms with Gasteiger partial charge in [-0.2, -0.15) is 0 Å². The lowest BCUT2D eigenvalue weighted by molar-refractivity contribution is -0.117. The molecule has 1 saturated carbocycles. The molecule has 1 atom stereocenters. The van der Waals surface area contributed by atoms with Crippen molar-refractivity contribution in [1.29, 1.82) is 0 Å². The van der Waals surface area contributed by atoms with Crippen LogP contribution >= 0.6 is 0 Å². The van der Waals surface area contributed by atoms with Gasteiger partial charge >= 0.3 is 0 Å². The molecule has 3 aromatic rings. The zero-order valence-electron chi connectivity index (χ0n) is 21.0. The summed E-state index contributed by atoms with van der Waals surface area (Å²) >= 11 is 0. The smallest absolute Gasteiger partial charge is 0.232 e. The summed E-state index contributed by atoms with van der Waals surface area (Å²) in [6.45, 7) is 4.51. The lowest BCUT2D eigenvalue weighted by Gasteiger charge is -2.25. The number of rotatable bonds is 7. The highest BCUT2D eigenvalue weighted by molar-refractivity contribution is 7.92. The molecule has 1 unspecified atom stereocenters. The van der Waals surface area contributed by atoms with Crippen molar-refractivity contribution in [2.75, 3.05) is 34.8 Å². The van der Waals surface area contributed by atoms with Crippen LogP contribution in [0, 0.1) is 19.8 Å². The quantitative estimate of drug-likeness (QED) is 0.486.